The molecule has 6 heteroatoms. The normalized spacial score (nSPS) is 10.6. The number of hydrogen-bond donors (Lipinski definition) is 1. The van der Waals surface area contributed by atoms with Crippen molar-refractivity contribution in [2.75, 3.05) is 0 Å². The molecule has 4 rings (SSSR count). The number of hydrogen-bond acceptors (Lipinski definition) is 5. The summed E-state index contributed by atoms with van der Waals surface area (Å²) in [7, 11) is 0. The van der Waals surface area contributed by atoms with Crippen LogP contribution < -0.4 is 4.94 Å². The Morgan fingerprint density at radius 2 is 1.19 bits per heavy atom. The summed E-state index contributed by atoms with van der Waals surface area (Å²) in [5.74, 6) is 0.950. The van der Waals surface area contributed by atoms with Gasteiger partial charge in [0.2, 0.25) is 0 Å². The van der Waals surface area contributed by atoms with Crippen molar-refractivity contribution in [3.63, 3.8) is 0 Å². The monoisotopic (exact) mass is 359 g/mol. The quantitative estimate of drug-likeness (QED) is 0.565. The largest absolute Gasteiger partial charge is 0.507 e. The zero-order valence-electron chi connectivity index (χ0n) is 14.1. The fourth-order valence-corrected chi connectivity index (χ4v) is 2.68. The fraction of sp³-hybridized carbons (Fsp3) is 0. The third-order valence-electron chi connectivity index (χ3n) is 4.00. The first-order valence-corrected chi connectivity index (χ1v) is 8.23. The van der Waals surface area contributed by atoms with Gasteiger partial charge >= 0.3 is 0 Å². The van der Waals surface area contributed by atoms with Crippen LogP contribution >= 0.6 is 0 Å². The molecule has 0 spiro atoms. The van der Waals surface area contributed by atoms with Gasteiger partial charge in [0.1, 0.15) is 5.75 Å². The minimum Gasteiger partial charge on any atom is -0.507 e. The molecule has 0 unspecified atom stereocenters. The highest BCUT2D eigenvalue weighted by Gasteiger charge is 2.15. The van der Waals surface area contributed by atoms with Crippen LogP contribution in [0.15, 0.2) is 78.9 Å². The van der Waals surface area contributed by atoms with Crippen LogP contribution in [0.3, 0.4) is 0 Å². The summed E-state index contributed by atoms with van der Waals surface area (Å²) in [6.07, 6.45) is 0. The topological polar surface area (TPSA) is 68.1 Å². The molecule has 0 saturated carbocycles. The molecule has 0 aliphatic heterocycles. The van der Waals surface area contributed by atoms with E-state index in [0.717, 1.165) is 11.1 Å². The molecule has 0 saturated heterocycles. The number of aromatic hydroxyl groups is 1. The maximum atomic E-state index is 12.4. The van der Waals surface area contributed by atoms with E-state index in [1.54, 1.807) is 0 Å². The molecule has 1 N–H and O–H groups in total. The van der Waals surface area contributed by atoms with Gasteiger partial charge in [0.15, 0.2) is 23.2 Å². The molecule has 0 aliphatic rings. The molecular weight excluding hydrogens is 345 g/mol. The minimum absolute atomic E-state index is 0.100. The lowest BCUT2D eigenvalue weighted by Gasteiger charge is -2.09. The molecular formula is C21H14FN3O2. The van der Waals surface area contributed by atoms with E-state index in [-0.39, 0.29) is 17.3 Å². The SMILES string of the molecule is Oc1cc(OF)ccc1-c1nc(-c2ccccc2)nc(-c2ccccc2)n1. The van der Waals surface area contributed by atoms with Gasteiger partial charge in [-0.3, -0.25) is 4.94 Å². The molecule has 0 radical (unpaired) electrons. The highest BCUT2D eigenvalue weighted by Crippen LogP contribution is 2.32. The number of halogens is 1. The lowest BCUT2D eigenvalue weighted by atomic mass is 10.1. The summed E-state index contributed by atoms with van der Waals surface area (Å²) in [6.45, 7) is 0. The number of phenolic OH excluding ortho intramolecular Hbond substituents is 1. The third kappa shape index (κ3) is 3.46. The van der Waals surface area contributed by atoms with Gasteiger partial charge in [0.25, 0.3) is 0 Å². The molecule has 0 atom stereocenters. The van der Waals surface area contributed by atoms with Gasteiger partial charge in [0, 0.05) is 21.7 Å². The Kier molecular flexibility index (Phi) is 4.45. The number of phenols is 1. The summed E-state index contributed by atoms with van der Waals surface area (Å²) < 4.78 is 12.4. The van der Waals surface area contributed by atoms with Crippen molar-refractivity contribution in [2.45, 2.75) is 0 Å². The van der Waals surface area contributed by atoms with Crippen molar-refractivity contribution in [1.82, 2.24) is 15.0 Å². The van der Waals surface area contributed by atoms with Crippen LogP contribution in [0.2, 0.25) is 0 Å². The third-order valence-corrected chi connectivity index (χ3v) is 4.00. The molecule has 0 bridgehead atoms. The van der Waals surface area contributed by atoms with Crippen molar-refractivity contribution < 1.29 is 14.6 Å². The van der Waals surface area contributed by atoms with Crippen molar-refractivity contribution in [3.8, 4) is 45.7 Å². The van der Waals surface area contributed by atoms with Crippen molar-refractivity contribution in [2.24, 2.45) is 0 Å². The second kappa shape index (κ2) is 7.21. The van der Waals surface area contributed by atoms with Crippen LogP contribution in [0, 0.1) is 0 Å². The fourth-order valence-electron chi connectivity index (χ4n) is 2.68. The second-order valence-electron chi connectivity index (χ2n) is 5.79. The summed E-state index contributed by atoms with van der Waals surface area (Å²) in [5, 5.41) is 10.3. The van der Waals surface area contributed by atoms with Crippen LogP contribution in [0.4, 0.5) is 4.53 Å². The van der Waals surface area contributed by atoms with E-state index in [1.807, 2.05) is 60.7 Å². The van der Waals surface area contributed by atoms with Gasteiger partial charge in [-0.25, -0.2) is 15.0 Å². The van der Waals surface area contributed by atoms with Crippen molar-refractivity contribution in [1.29, 1.82) is 0 Å². The van der Waals surface area contributed by atoms with Crippen molar-refractivity contribution >= 4 is 0 Å². The summed E-state index contributed by atoms with van der Waals surface area (Å²) in [6, 6.07) is 23.0. The molecule has 4 aromatic rings. The van der Waals surface area contributed by atoms with E-state index < -0.39 is 0 Å². The van der Waals surface area contributed by atoms with E-state index in [9.17, 15) is 9.63 Å². The van der Waals surface area contributed by atoms with Gasteiger partial charge in [0.05, 0.1) is 5.56 Å². The van der Waals surface area contributed by atoms with Crippen LogP contribution in [0.5, 0.6) is 11.5 Å². The van der Waals surface area contributed by atoms with E-state index in [0.29, 0.717) is 17.2 Å². The van der Waals surface area contributed by atoms with E-state index in [4.69, 9.17) is 0 Å². The molecule has 1 aromatic heterocycles. The number of aromatic nitrogens is 3. The molecule has 3 aromatic carbocycles. The van der Waals surface area contributed by atoms with Gasteiger partial charge < -0.3 is 5.11 Å². The zero-order valence-corrected chi connectivity index (χ0v) is 14.1. The van der Waals surface area contributed by atoms with Crippen LogP contribution in [0.1, 0.15) is 0 Å². The highest BCUT2D eigenvalue weighted by atomic mass is 19.3. The van der Waals surface area contributed by atoms with E-state index >= 15 is 0 Å². The molecule has 0 fully saturated rings. The molecule has 5 nitrogen and oxygen atoms in total. The average molecular weight is 359 g/mol. The Morgan fingerprint density at radius 3 is 1.67 bits per heavy atom. The maximum Gasteiger partial charge on any atom is 0.175 e. The zero-order chi connectivity index (χ0) is 18.6. The summed E-state index contributed by atoms with van der Waals surface area (Å²) in [4.78, 5) is 17.2. The Morgan fingerprint density at radius 1 is 0.667 bits per heavy atom. The maximum absolute atomic E-state index is 12.4. The van der Waals surface area contributed by atoms with E-state index in [2.05, 4.69) is 19.9 Å². The first-order chi connectivity index (χ1) is 13.2. The second-order valence-corrected chi connectivity index (χ2v) is 5.79. The standard InChI is InChI=1S/C21H14FN3O2/c22-27-16-11-12-17(18(26)13-16)21-24-19(14-7-3-1-4-8-14)23-20(25-21)15-9-5-2-6-10-15/h1-13,26H. The number of rotatable bonds is 4. The minimum atomic E-state index is -0.186. The Hall–Kier alpha value is -3.80. The molecule has 0 amide bonds. The predicted molar refractivity (Wildman–Crippen MR) is 99.5 cm³/mol. The summed E-state index contributed by atoms with van der Waals surface area (Å²) in [5.41, 5.74) is 2.00. The van der Waals surface area contributed by atoms with Gasteiger partial charge in [-0.05, 0) is 12.1 Å². The summed E-state index contributed by atoms with van der Waals surface area (Å²) >= 11 is 0. The Labute approximate surface area is 154 Å². The predicted octanol–water partition coefficient (Wildman–Crippen LogP) is 4.84. The van der Waals surface area contributed by atoms with Crippen LogP contribution in [0.25, 0.3) is 34.2 Å². The van der Waals surface area contributed by atoms with Gasteiger partial charge in [-0.15, -0.1) is 0 Å². The highest BCUT2D eigenvalue weighted by molar-refractivity contribution is 5.70. The average Bonchev–Trinajstić information content (AvgIpc) is 2.74. The molecule has 1 heterocycles. The lowest BCUT2D eigenvalue weighted by Crippen LogP contribution is -2.00. The van der Waals surface area contributed by atoms with Crippen molar-refractivity contribution in [3.05, 3.63) is 78.9 Å². The molecule has 0 aliphatic carbocycles. The van der Waals surface area contributed by atoms with Crippen LogP contribution in [-0.2, 0) is 0 Å². The van der Waals surface area contributed by atoms with E-state index in [1.165, 1.54) is 18.2 Å². The van der Waals surface area contributed by atoms with Gasteiger partial charge in [-0.2, -0.15) is 0 Å². The smallest absolute Gasteiger partial charge is 0.175 e. The Balaban J connectivity index is 1.91. The molecule has 27 heavy (non-hydrogen) atoms. The number of nitrogens with zero attached hydrogens (tertiary/aromatic N) is 3. The Bertz CT molecular complexity index is 1020. The first-order valence-electron chi connectivity index (χ1n) is 8.23. The number of benzene rings is 3. The van der Waals surface area contributed by atoms with Gasteiger partial charge in [-0.1, -0.05) is 60.7 Å². The van der Waals surface area contributed by atoms with Crippen LogP contribution in [-0.4, -0.2) is 20.1 Å². The lowest BCUT2D eigenvalue weighted by molar-refractivity contribution is -0.00639. The first kappa shape index (κ1) is 16.7. The molecule has 132 valence electrons.